The number of amides is 1. The third-order valence-corrected chi connectivity index (χ3v) is 4.54. The molecule has 2 rings (SSSR count). The number of nitrogens with one attached hydrogen (secondary N) is 1. The minimum absolute atomic E-state index is 0.389. The van der Waals surface area contributed by atoms with Crippen molar-refractivity contribution in [1.82, 2.24) is 5.32 Å². The second-order valence-corrected chi connectivity index (χ2v) is 6.32. The van der Waals surface area contributed by atoms with Crippen LogP contribution in [0.1, 0.15) is 42.5 Å². The number of carbonyl (C=O) groups is 2. The molecule has 0 radical (unpaired) electrons. The van der Waals surface area contributed by atoms with Crippen LogP contribution in [0, 0.1) is 0 Å². The van der Waals surface area contributed by atoms with Crippen LogP contribution in [-0.2, 0) is 4.79 Å². The highest BCUT2D eigenvalue weighted by atomic mass is 79.9. The molecule has 6 heteroatoms. The fraction of sp³-hybridized carbons (Fsp3) is 0.429. The lowest BCUT2D eigenvalue weighted by Gasteiger charge is -2.34. The van der Waals surface area contributed by atoms with Gasteiger partial charge in [-0.25, -0.2) is 4.79 Å². The van der Waals surface area contributed by atoms with Crippen molar-refractivity contribution in [2.45, 2.75) is 37.6 Å². The Morgan fingerprint density at radius 2 is 1.90 bits per heavy atom. The molecule has 1 aromatic rings. The summed E-state index contributed by atoms with van der Waals surface area (Å²) in [6, 6.07) is 4.81. The first-order chi connectivity index (χ1) is 9.44. The summed E-state index contributed by atoms with van der Waals surface area (Å²) in [5, 5.41) is 12.7. The fourth-order valence-electron chi connectivity index (χ4n) is 2.51. The molecule has 0 atom stereocenters. The van der Waals surface area contributed by atoms with E-state index in [1.165, 1.54) is 0 Å². The summed E-state index contributed by atoms with van der Waals surface area (Å²) in [6.07, 6.45) is 3.58. The first-order valence-electron chi connectivity index (χ1n) is 6.45. The predicted octanol–water partition coefficient (Wildman–Crippen LogP) is 3.62. The number of carboxylic acid groups (broad SMARTS) is 1. The van der Waals surface area contributed by atoms with Crippen LogP contribution in [0.2, 0.25) is 5.02 Å². The largest absolute Gasteiger partial charge is 0.480 e. The second-order valence-electron chi connectivity index (χ2n) is 5.03. The maximum Gasteiger partial charge on any atom is 0.329 e. The molecule has 108 valence electrons. The average Bonchev–Trinajstić information content (AvgIpc) is 2.39. The van der Waals surface area contributed by atoms with Crippen LogP contribution in [-0.4, -0.2) is 22.5 Å². The minimum Gasteiger partial charge on any atom is -0.480 e. The number of aliphatic carboxylic acids is 1. The molecule has 0 saturated heterocycles. The van der Waals surface area contributed by atoms with Crippen molar-refractivity contribution in [3.05, 3.63) is 33.3 Å². The molecular weight excluding hydrogens is 346 g/mol. The highest BCUT2D eigenvalue weighted by Gasteiger charge is 2.41. The van der Waals surface area contributed by atoms with Crippen LogP contribution in [0.3, 0.4) is 0 Å². The zero-order valence-electron chi connectivity index (χ0n) is 10.8. The monoisotopic (exact) mass is 359 g/mol. The van der Waals surface area contributed by atoms with Gasteiger partial charge in [0.2, 0.25) is 0 Å². The molecule has 1 aromatic carbocycles. The van der Waals surface area contributed by atoms with Crippen molar-refractivity contribution >= 4 is 39.4 Å². The minimum atomic E-state index is -1.14. The topological polar surface area (TPSA) is 66.4 Å². The van der Waals surface area contributed by atoms with Crippen LogP contribution < -0.4 is 5.32 Å². The Hall–Kier alpha value is -1.07. The maximum absolute atomic E-state index is 12.3. The van der Waals surface area contributed by atoms with Gasteiger partial charge in [0.25, 0.3) is 5.91 Å². The summed E-state index contributed by atoms with van der Waals surface area (Å²) in [5.41, 5.74) is -0.755. The molecule has 2 N–H and O–H groups in total. The van der Waals surface area contributed by atoms with E-state index in [-0.39, 0.29) is 0 Å². The lowest BCUT2D eigenvalue weighted by Crippen LogP contribution is -2.55. The van der Waals surface area contributed by atoms with Gasteiger partial charge in [0, 0.05) is 9.50 Å². The van der Waals surface area contributed by atoms with Gasteiger partial charge in [-0.2, -0.15) is 0 Å². The molecule has 0 heterocycles. The number of rotatable bonds is 3. The number of benzene rings is 1. The molecule has 0 spiro atoms. The molecule has 4 nitrogen and oxygen atoms in total. The predicted molar refractivity (Wildman–Crippen MR) is 80.1 cm³/mol. The van der Waals surface area contributed by atoms with Crippen molar-refractivity contribution in [3.8, 4) is 0 Å². The van der Waals surface area contributed by atoms with Crippen LogP contribution in [0.25, 0.3) is 0 Å². The molecule has 1 fully saturated rings. The van der Waals surface area contributed by atoms with E-state index in [4.69, 9.17) is 11.6 Å². The van der Waals surface area contributed by atoms with Gasteiger partial charge in [-0.1, -0.05) is 30.9 Å². The molecule has 1 saturated carbocycles. The molecule has 1 aliphatic carbocycles. The number of halogens is 2. The van der Waals surface area contributed by atoms with Crippen molar-refractivity contribution < 1.29 is 14.7 Å². The van der Waals surface area contributed by atoms with Crippen molar-refractivity contribution in [2.24, 2.45) is 0 Å². The van der Waals surface area contributed by atoms with E-state index in [1.54, 1.807) is 18.2 Å². The zero-order valence-corrected chi connectivity index (χ0v) is 13.1. The number of carboxylic acids is 1. The van der Waals surface area contributed by atoms with E-state index in [2.05, 4.69) is 21.2 Å². The van der Waals surface area contributed by atoms with Crippen molar-refractivity contribution in [2.75, 3.05) is 0 Å². The zero-order chi connectivity index (χ0) is 14.8. The Kier molecular flexibility index (Phi) is 4.70. The van der Waals surface area contributed by atoms with Crippen LogP contribution in [0.15, 0.2) is 22.7 Å². The Morgan fingerprint density at radius 3 is 2.45 bits per heavy atom. The van der Waals surface area contributed by atoms with Gasteiger partial charge in [-0.3, -0.25) is 4.79 Å². The van der Waals surface area contributed by atoms with E-state index in [0.29, 0.717) is 27.9 Å². The number of carbonyl (C=O) groups excluding carboxylic acids is 1. The second kappa shape index (κ2) is 6.14. The lowest BCUT2D eigenvalue weighted by molar-refractivity contribution is -0.145. The van der Waals surface area contributed by atoms with Gasteiger partial charge < -0.3 is 10.4 Å². The summed E-state index contributed by atoms with van der Waals surface area (Å²) >= 11 is 9.11. The highest BCUT2D eigenvalue weighted by Crippen LogP contribution is 2.30. The Balaban J connectivity index is 2.22. The van der Waals surface area contributed by atoms with Gasteiger partial charge in [0.15, 0.2) is 0 Å². The summed E-state index contributed by atoms with van der Waals surface area (Å²) in [6.45, 7) is 0. The standard InChI is InChI=1S/C14H15BrClNO3/c15-11-8-9(16)4-5-10(11)12(18)17-14(13(19)20)6-2-1-3-7-14/h4-5,8H,1-3,6-7H2,(H,17,18)(H,19,20). The smallest absolute Gasteiger partial charge is 0.329 e. The molecule has 1 amide bonds. The molecule has 1 aliphatic rings. The first-order valence-corrected chi connectivity index (χ1v) is 7.63. The van der Waals surface area contributed by atoms with E-state index in [1.807, 2.05) is 0 Å². The van der Waals surface area contributed by atoms with Crippen molar-refractivity contribution in [1.29, 1.82) is 0 Å². The van der Waals surface area contributed by atoms with Crippen molar-refractivity contribution in [3.63, 3.8) is 0 Å². The van der Waals surface area contributed by atoms with Gasteiger partial charge in [-0.15, -0.1) is 0 Å². The molecule has 0 unspecified atom stereocenters. The summed E-state index contributed by atoms with van der Waals surface area (Å²) in [4.78, 5) is 23.8. The summed E-state index contributed by atoms with van der Waals surface area (Å²) in [5.74, 6) is -1.35. The Labute approximate surface area is 130 Å². The van der Waals surface area contributed by atoms with Gasteiger partial charge in [0.1, 0.15) is 5.54 Å². The summed E-state index contributed by atoms with van der Waals surface area (Å²) in [7, 11) is 0. The quantitative estimate of drug-likeness (QED) is 0.865. The SMILES string of the molecule is O=C(NC1(C(=O)O)CCCCC1)c1ccc(Cl)cc1Br. The molecule has 0 bridgehead atoms. The lowest BCUT2D eigenvalue weighted by atomic mass is 9.81. The Morgan fingerprint density at radius 1 is 1.25 bits per heavy atom. The van der Waals surface area contributed by atoms with E-state index >= 15 is 0 Å². The fourth-order valence-corrected chi connectivity index (χ4v) is 3.37. The van der Waals surface area contributed by atoms with Crippen LogP contribution >= 0.6 is 27.5 Å². The maximum atomic E-state index is 12.3. The molecule has 20 heavy (non-hydrogen) atoms. The number of hydrogen-bond acceptors (Lipinski definition) is 2. The molecule has 0 aromatic heterocycles. The van der Waals surface area contributed by atoms with Gasteiger partial charge >= 0.3 is 5.97 Å². The Bertz CT molecular complexity index is 541. The average molecular weight is 361 g/mol. The van der Waals surface area contributed by atoms with E-state index in [0.717, 1.165) is 19.3 Å². The van der Waals surface area contributed by atoms with Crippen LogP contribution in [0.4, 0.5) is 0 Å². The molecule has 0 aliphatic heterocycles. The third-order valence-electron chi connectivity index (χ3n) is 3.65. The molecular formula is C14H15BrClNO3. The number of hydrogen-bond donors (Lipinski definition) is 2. The summed E-state index contributed by atoms with van der Waals surface area (Å²) < 4.78 is 0.554. The van der Waals surface area contributed by atoms with Gasteiger partial charge in [-0.05, 0) is 47.0 Å². The van der Waals surface area contributed by atoms with E-state index in [9.17, 15) is 14.7 Å². The third kappa shape index (κ3) is 3.15. The van der Waals surface area contributed by atoms with Gasteiger partial charge in [0.05, 0.1) is 5.56 Å². The first kappa shape index (κ1) is 15.3. The van der Waals surface area contributed by atoms with Crippen LogP contribution in [0.5, 0.6) is 0 Å². The normalized spacial score (nSPS) is 17.5. The van der Waals surface area contributed by atoms with E-state index < -0.39 is 17.4 Å². The highest BCUT2D eigenvalue weighted by molar-refractivity contribution is 9.10.